The van der Waals surface area contributed by atoms with Crippen LogP contribution in [-0.2, 0) is 6.42 Å². The highest BCUT2D eigenvalue weighted by molar-refractivity contribution is 5.88. The van der Waals surface area contributed by atoms with Crippen LogP contribution in [0.4, 0.5) is 5.69 Å². The summed E-state index contributed by atoms with van der Waals surface area (Å²) in [6.45, 7) is 3.42. The van der Waals surface area contributed by atoms with Crippen LogP contribution in [0.15, 0.2) is 72.9 Å². The highest BCUT2D eigenvalue weighted by Gasteiger charge is 2.11. The van der Waals surface area contributed by atoms with E-state index in [1.165, 1.54) is 5.56 Å². The summed E-state index contributed by atoms with van der Waals surface area (Å²) in [5, 5.41) is 4.21. The molecule has 1 aromatic heterocycles. The summed E-state index contributed by atoms with van der Waals surface area (Å²) < 4.78 is 22.7. The van der Waals surface area contributed by atoms with Crippen molar-refractivity contribution in [1.29, 1.82) is 0 Å². The maximum Gasteiger partial charge on any atom is 0.162 e. The molecule has 0 aliphatic rings. The van der Waals surface area contributed by atoms with Crippen molar-refractivity contribution in [3.8, 4) is 28.7 Å². The van der Waals surface area contributed by atoms with Crippen LogP contribution in [0.5, 0.6) is 28.7 Å². The first-order valence-electron chi connectivity index (χ1n) is 10.9. The smallest absolute Gasteiger partial charge is 0.162 e. The van der Waals surface area contributed by atoms with Gasteiger partial charge in [-0.3, -0.25) is 4.98 Å². The average Bonchev–Trinajstić information content (AvgIpc) is 2.87. The third-order valence-corrected chi connectivity index (χ3v) is 5.32. The Kier molecular flexibility index (Phi) is 7.15. The molecule has 4 aromatic rings. The first kappa shape index (κ1) is 22.3. The van der Waals surface area contributed by atoms with E-state index in [-0.39, 0.29) is 0 Å². The van der Waals surface area contributed by atoms with Crippen LogP contribution in [0.2, 0.25) is 0 Å². The Morgan fingerprint density at radius 3 is 2.18 bits per heavy atom. The molecule has 6 heteroatoms. The van der Waals surface area contributed by atoms with Crippen LogP contribution in [-0.4, -0.2) is 32.4 Å². The van der Waals surface area contributed by atoms with Gasteiger partial charge in [0.15, 0.2) is 11.5 Å². The Bertz CT molecular complexity index is 1190. The molecular formula is C27H28N2O4. The molecule has 0 spiro atoms. The SMILES string of the molecule is CCc1ccc(OCCNc2ccc(Oc3ccnc4cc(OC)c(OC)cc34)cc2)cc1. The zero-order chi connectivity index (χ0) is 23.0. The Balaban J connectivity index is 1.36. The second kappa shape index (κ2) is 10.6. The van der Waals surface area contributed by atoms with Crippen molar-refractivity contribution in [3.05, 3.63) is 78.5 Å². The van der Waals surface area contributed by atoms with Crippen molar-refractivity contribution >= 4 is 16.6 Å². The molecule has 6 nitrogen and oxygen atoms in total. The third kappa shape index (κ3) is 5.47. The van der Waals surface area contributed by atoms with E-state index in [0.29, 0.717) is 30.4 Å². The summed E-state index contributed by atoms with van der Waals surface area (Å²) in [6, 6.07) is 21.6. The fourth-order valence-corrected chi connectivity index (χ4v) is 3.49. The van der Waals surface area contributed by atoms with Crippen molar-refractivity contribution in [1.82, 2.24) is 4.98 Å². The summed E-state index contributed by atoms with van der Waals surface area (Å²) in [6.07, 6.45) is 2.75. The van der Waals surface area contributed by atoms with Crippen LogP contribution >= 0.6 is 0 Å². The van der Waals surface area contributed by atoms with E-state index >= 15 is 0 Å². The van der Waals surface area contributed by atoms with Crippen molar-refractivity contribution in [3.63, 3.8) is 0 Å². The van der Waals surface area contributed by atoms with Gasteiger partial charge in [-0.15, -0.1) is 0 Å². The minimum Gasteiger partial charge on any atom is -0.493 e. The van der Waals surface area contributed by atoms with Gasteiger partial charge in [0, 0.05) is 29.9 Å². The summed E-state index contributed by atoms with van der Waals surface area (Å²) in [5.41, 5.74) is 3.08. The zero-order valence-electron chi connectivity index (χ0n) is 19.1. The number of benzene rings is 3. The van der Waals surface area contributed by atoms with Gasteiger partial charge in [-0.25, -0.2) is 0 Å². The van der Waals surface area contributed by atoms with Crippen LogP contribution in [0.3, 0.4) is 0 Å². The van der Waals surface area contributed by atoms with E-state index in [0.717, 1.165) is 34.5 Å². The predicted molar refractivity (Wildman–Crippen MR) is 131 cm³/mol. The van der Waals surface area contributed by atoms with Gasteiger partial charge in [-0.1, -0.05) is 19.1 Å². The van der Waals surface area contributed by atoms with Crippen LogP contribution in [0.25, 0.3) is 10.9 Å². The minimum atomic E-state index is 0.581. The van der Waals surface area contributed by atoms with Crippen LogP contribution < -0.4 is 24.3 Å². The van der Waals surface area contributed by atoms with Gasteiger partial charge in [0.1, 0.15) is 23.9 Å². The maximum absolute atomic E-state index is 6.13. The molecular weight excluding hydrogens is 416 g/mol. The number of nitrogens with zero attached hydrogens (tertiary/aromatic N) is 1. The Morgan fingerprint density at radius 2 is 1.48 bits per heavy atom. The number of rotatable bonds is 10. The molecule has 0 saturated carbocycles. The van der Waals surface area contributed by atoms with Crippen molar-refractivity contribution in [2.75, 3.05) is 32.7 Å². The lowest BCUT2D eigenvalue weighted by atomic mass is 10.2. The number of aromatic nitrogens is 1. The molecule has 1 heterocycles. The molecule has 0 radical (unpaired) electrons. The number of fused-ring (bicyclic) bond motifs is 1. The van der Waals surface area contributed by atoms with Gasteiger partial charge in [0.25, 0.3) is 0 Å². The van der Waals surface area contributed by atoms with Gasteiger partial charge < -0.3 is 24.3 Å². The van der Waals surface area contributed by atoms with E-state index in [4.69, 9.17) is 18.9 Å². The summed E-state index contributed by atoms with van der Waals surface area (Å²) >= 11 is 0. The molecule has 0 fully saturated rings. The largest absolute Gasteiger partial charge is 0.493 e. The fraction of sp³-hybridized carbons (Fsp3) is 0.222. The number of hydrogen-bond acceptors (Lipinski definition) is 6. The number of ether oxygens (including phenoxy) is 4. The first-order chi connectivity index (χ1) is 16.2. The summed E-state index contributed by atoms with van der Waals surface area (Å²) in [7, 11) is 3.22. The molecule has 4 rings (SSSR count). The lowest BCUT2D eigenvalue weighted by molar-refractivity contribution is 0.333. The Hall–Kier alpha value is -3.93. The van der Waals surface area contributed by atoms with Gasteiger partial charge >= 0.3 is 0 Å². The molecule has 0 bridgehead atoms. The van der Waals surface area contributed by atoms with E-state index < -0.39 is 0 Å². The number of anilines is 1. The molecule has 0 atom stereocenters. The monoisotopic (exact) mass is 444 g/mol. The number of pyridine rings is 1. The van der Waals surface area contributed by atoms with E-state index in [1.54, 1.807) is 20.4 Å². The maximum atomic E-state index is 6.13. The molecule has 170 valence electrons. The van der Waals surface area contributed by atoms with Gasteiger partial charge in [-0.2, -0.15) is 0 Å². The van der Waals surface area contributed by atoms with Crippen LogP contribution in [0, 0.1) is 0 Å². The Morgan fingerprint density at radius 1 is 0.788 bits per heavy atom. The molecule has 0 unspecified atom stereocenters. The lowest BCUT2D eigenvalue weighted by Crippen LogP contribution is -2.11. The molecule has 0 saturated heterocycles. The number of nitrogens with one attached hydrogen (secondary N) is 1. The molecule has 1 N–H and O–H groups in total. The quantitative estimate of drug-likeness (QED) is 0.298. The number of methoxy groups -OCH3 is 2. The molecule has 3 aromatic carbocycles. The van der Waals surface area contributed by atoms with Crippen molar-refractivity contribution in [2.24, 2.45) is 0 Å². The molecule has 0 aliphatic carbocycles. The highest BCUT2D eigenvalue weighted by Crippen LogP contribution is 2.36. The summed E-state index contributed by atoms with van der Waals surface area (Å²) in [5.74, 6) is 3.58. The van der Waals surface area contributed by atoms with Crippen molar-refractivity contribution < 1.29 is 18.9 Å². The number of aryl methyl sites for hydroxylation is 1. The van der Waals surface area contributed by atoms with E-state index in [9.17, 15) is 0 Å². The predicted octanol–water partition coefficient (Wildman–Crippen LogP) is 6.10. The lowest BCUT2D eigenvalue weighted by Gasteiger charge is -2.13. The highest BCUT2D eigenvalue weighted by atomic mass is 16.5. The van der Waals surface area contributed by atoms with E-state index in [2.05, 4.69) is 29.4 Å². The first-order valence-corrected chi connectivity index (χ1v) is 10.9. The Labute approximate surface area is 194 Å². The second-order valence-electron chi connectivity index (χ2n) is 7.43. The topological polar surface area (TPSA) is 61.8 Å². The van der Waals surface area contributed by atoms with E-state index in [1.807, 2.05) is 54.6 Å². The second-order valence-corrected chi connectivity index (χ2v) is 7.43. The number of hydrogen-bond donors (Lipinski definition) is 1. The van der Waals surface area contributed by atoms with Crippen molar-refractivity contribution in [2.45, 2.75) is 13.3 Å². The normalized spacial score (nSPS) is 10.6. The summed E-state index contributed by atoms with van der Waals surface area (Å²) in [4.78, 5) is 4.42. The standard InChI is InChI=1S/C27H28N2O4/c1-4-19-5-9-21(10-6-19)32-16-15-28-20-7-11-22(12-8-20)33-25-13-14-29-24-18-27(31-3)26(30-2)17-23(24)25/h5-14,17-18,28H,4,15-16H2,1-3H3. The van der Waals surface area contributed by atoms with Gasteiger partial charge in [-0.05, 0) is 60.5 Å². The molecule has 0 amide bonds. The molecule has 33 heavy (non-hydrogen) atoms. The van der Waals surface area contributed by atoms with Crippen LogP contribution in [0.1, 0.15) is 12.5 Å². The van der Waals surface area contributed by atoms with Gasteiger partial charge in [0.2, 0.25) is 0 Å². The fourth-order valence-electron chi connectivity index (χ4n) is 3.49. The zero-order valence-corrected chi connectivity index (χ0v) is 19.1. The molecule has 0 aliphatic heterocycles. The third-order valence-electron chi connectivity index (χ3n) is 5.32. The van der Waals surface area contributed by atoms with Gasteiger partial charge in [0.05, 0.1) is 19.7 Å². The minimum absolute atomic E-state index is 0.581. The average molecular weight is 445 g/mol.